The number of nitrogens with one attached hydrogen (secondary N) is 1. The average Bonchev–Trinajstić information content (AvgIpc) is 3.06. The van der Waals surface area contributed by atoms with Crippen molar-refractivity contribution >= 4 is 0 Å². The maximum absolute atomic E-state index is 5.23. The molecule has 1 nitrogen and oxygen atoms in total. The highest BCUT2D eigenvalue weighted by Crippen LogP contribution is 2.34. The van der Waals surface area contributed by atoms with Crippen molar-refractivity contribution < 1.29 is 0 Å². The summed E-state index contributed by atoms with van der Waals surface area (Å²) >= 11 is 0. The summed E-state index contributed by atoms with van der Waals surface area (Å²) in [5, 5.41) is 3.68. The molecular formula is C14H25N. The van der Waals surface area contributed by atoms with E-state index in [0.717, 1.165) is 18.4 Å². The molecule has 1 aliphatic carbocycles. The maximum Gasteiger partial charge on any atom is 0.00953 e. The summed E-state index contributed by atoms with van der Waals surface area (Å²) in [5.74, 6) is 3.70. The molecule has 0 spiro atoms. The molecule has 1 saturated carbocycles. The van der Waals surface area contributed by atoms with Gasteiger partial charge in [0.05, 0.1) is 0 Å². The topological polar surface area (TPSA) is 12.0 Å². The van der Waals surface area contributed by atoms with Crippen LogP contribution in [0.1, 0.15) is 58.3 Å². The van der Waals surface area contributed by atoms with Gasteiger partial charge in [0.1, 0.15) is 0 Å². The van der Waals surface area contributed by atoms with Crippen LogP contribution in [0.25, 0.3) is 0 Å². The molecule has 1 rings (SSSR count). The molecule has 0 heterocycles. The molecule has 1 fully saturated rings. The van der Waals surface area contributed by atoms with Crippen molar-refractivity contribution in [3.8, 4) is 12.3 Å². The van der Waals surface area contributed by atoms with Gasteiger partial charge in [0, 0.05) is 12.5 Å². The van der Waals surface area contributed by atoms with Gasteiger partial charge in [-0.3, -0.25) is 0 Å². The van der Waals surface area contributed by atoms with Gasteiger partial charge in [-0.25, -0.2) is 0 Å². The molecule has 86 valence electrons. The monoisotopic (exact) mass is 207 g/mol. The molecule has 0 aliphatic heterocycles. The molecule has 1 aliphatic rings. The first-order chi connectivity index (χ1) is 7.38. The van der Waals surface area contributed by atoms with Crippen molar-refractivity contribution in [1.29, 1.82) is 0 Å². The molecule has 0 aromatic rings. The Morgan fingerprint density at radius 1 is 1.33 bits per heavy atom. The summed E-state index contributed by atoms with van der Waals surface area (Å²) in [7, 11) is 0. The van der Waals surface area contributed by atoms with E-state index in [1.165, 1.54) is 51.5 Å². The number of unbranched alkanes of at least 4 members (excludes halogenated alkanes) is 3. The molecule has 1 N–H and O–H groups in total. The van der Waals surface area contributed by atoms with Gasteiger partial charge >= 0.3 is 0 Å². The lowest BCUT2D eigenvalue weighted by Crippen LogP contribution is -2.31. The molecule has 0 saturated heterocycles. The Kier molecular flexibility index (Phi) is 6.52. The first-order valence-electron chi connectivity index (χ1n) is 6.55. The normalized spacial score (nSPS) is 17.3. The zero-order valence-corrected chi connectivity index (χ0v) is 10.1. The van der Waals surface area contributed by atoms with Crippen molar-refractivity contribution in [2.45, 2.75) is 64.3 Å². The fourth-order valence-corrected chi connectivity index (χ4v) is 2.10. The van der Waals surface area contributed by atoms with Gasteiger partial charge in [0.25, 0.3) is 0 Å². The molecule has 15 heavy (non-hydrogen) atoms. The maximum atomic E-state index is 5.23. The summed E-state index contributed by atoms with van der Waals surface area (Å²) in [4.78, 5) is 0. The number of rotatable bonds is 9. The van der Waals surface area contributed by atoms with E-state index in [4.69, 9.17) is 6.42 Å². The number of terminal acetylenes is 1. The molecule has 1 heteroatoms. The molecule has 0 aromatic carbocycles. The number of hydrogen-bond acceptors (Lipinski definition) is 1. The van der Waals surface area contributed by atoms with E-state index in [1.54, 1.807) is 0 Å². The van der Waals surface area contributed by atoms with E-state index in [0.29, 0.717) is 0 Å². The smallest absolute Gasteiger partial charge is 0.00953 e. The lowest BCUT2D eigenvalue weighted by atomic mass is 10.0. The SMILES string of the molecule is C#CCCCCCC(NCCC)C1CC1. The Labute approximate surface area is 95.0 Å². The van der Waals surface area contributed by atoms with Gasteiger partial charge in [-0.1, -0.05) is 19.8 Å². The van der Waals surface area contributed by atoms with Gasteiger partial charge in [-0.05, 0) is 44.6 Å². The lowest BCUT2D eigenvalue weighted by molar-refractivity contribution is 0.417. The Morgan fingerprint density at radius 2 is 2.13 bits per heavy atom. The van der Waals surface area contributed by atoms with Gasteiger partial charge in [-0.2, -0.15) is 0 Å². The first kappa shape index (κ1) is 12.6. The highest BCUT2D eigenvalue weighted by molar-refractivity contribution is 4.86. The van der Waals surface area contributed by atoms with Crippen molar-refractivity contribution in [3.05, 3.63) is 0 Å². The van der Waals surface area contributed by atoms with Crippen LogP contribution in [0.15, 0.2) is 0 Å². The molecule has 1 unspecified atom stereocenters. The fourth-order valence-electron chi connectivity index (χ4n) is 2.10. The predicted octanol–water partition coefficient (Wildman–Crippen LogP) is 3.35. The minimum atomic E-state index is 0.802. The predicted molar refractivity (Wildman–Crippen MR) is 66.7 cm³/mol. The summed E-state index contributed by atoms with van der Waals surface area (Å²) in [6.07, 6.45) is 15.6. The van der Waals surface area contributed by atoms with Gasteiger partial charge in [0.2, 0.25) is 0 Å². The van der Waals surface area contributed by atoms with E-state index >= 15 is 0 Å². The summed E-state index contributed by atoms with van der Waals surface area (Å²) < 4.78 is 0. The minimum absolute atomic E-state index is 0.802. The first-order valence-corrected chi connectivity index (χ1v) is 6.55. The van der Waals surface area contributed by atoms with Crippen LogP contribution in [0, 0.1) is 18.3 Å². The van der Waals surface area contributed by atoms with Crippen molar-refractivity contribution in [2.24, 2.45) is 5.92 Å². The van der Waals surface area contributed by atoms with Crippen LogP contribution in [0.3, 0.4) is 0 Å². The van der Waals surface area contributed by atoms with E-state index < -0.39 is 0 Å². The second kappa shape index (κ2) is 7.77. The van der Waals surface area contributed by atoms with Gasteiger partial charge < -0.3 is 5.32 Å². The van der Waals surface area contributed by atoms with E-state index in [9.17, 15) is 0 Å². The average molecular weight is 207 g/mol. The molecular weight excluding hydrogens is 182 g/mol. The van der Waals surface area contributed by atoms with Crippen LogP contribution in [0.4, 0.5) is 0 Å². The highest BCUT2D eigenvalue weighted by Gasteiger charge is 2.29. The molecule has 0 amide bonds. The van der Waals surface area contributed by atoms with Crippen LogP contribution in [-0.4, -0.2) is 12.6 Å². The van der Waals surface area contributed by atoms with Crippen molar-refractivity contribution in [1.82, 2.24) is 5.32 Å². The third kappa shape index (κ3) is 5.85. The standard InChI is InChI=1S/C14H25N/c1-3-5-6-7-8-9-14(13-10-11-13)15-12-4-2/h1,13-15H,4-12H2,2H3. The second-order valence-electron chi connectivity index (χ2n) is 4.70. The quantitative estimate of drug-likeness (QED) is 0.451. The van der Waals surface area contributed by atoms with Crippen molar-refractivity contribution in [3.63, 3.8) is 0 Å². The largest absolute Gasteiger partial charge is 0.314 e. The highest BCUT2D eigenvalue weighted by atomic mass is 14.9. The van der Waals surface area contributed by atoms with Crippen LogP contribution in [0.5, 0.6) is 0 Å². The molecule has 1 atom stereocenters. The van der Waals surface area contributed by atoms with E-state index in [2.05, 4.69) is 18.2 Å². The molecule has 0 radical (unpaired) electrons. The Hall–Kier alpha value is -0.480. The number of hydrogen-bond donors (Lipinski definition) is 1. The lowest BCUT2D eigenvalue weighted by Gasteiger charge is -2.17. The van der Waals surface area contributed by atoms with E-state index in [1.807, 2.05) is 0 Å². The van der Waals surface area contributed by atoms with Crippen LogP contribution < -0.4 is 5.32 Å². The summed E-state index contributed by atoms with van der Waals surface area (Å²) in [6.45, 7) is 3.43. The van der Waals surface area contributed by atoms with E-state index in [-0.39, 0.29) is 0 Å². The third-order valence-electron chi connectivity index (χ3n) is 3.18. The Bertz CT molecular complexity index is 188. The Morgan fingerprint density at radius 3 is 2.73 bits per heavy atom. The van der Waals surface area contributed by atoms with Crippen molar-refractivity contribution in [2.75, 3.05) is 6.54 Å². The zero-order chi connectivity index (χ0) is 10.9. The minimum Gasteiger partial charge on any atom is -0.314 e. The zero-order valence-electron chi connectivity index (χ0n) is 10.1. The van der Waals surface area contributed by atoms with Crippen LogP contribution in [0.2, 0.25) is 0 Å². The summed E-state index contributed by atoms with van der Waals surface area (Å²) in [5.41, 5.74) is 0. The third-order valence-corrected chi connectivity index (χ3v) is 3.18. The fraction of sp³-hybridized carbons (Fsp3) is 0.857. The summed E-state index contributed by atoms with van der Waals surface area (Å²) in [6, 6.07) is 0.802. The second-order valence-corrected chi connectivity index (χ2v) is 4.70. The molecule has 0 aromatic heterocycles. The van der Waals surface area contributed by atoms with Crippen LogP contribution >= 0.6 is 0 Å². The van der Waals surface area contributed by atoms with Gasteiger partial charge in [-0.15, -0.1) is 12.3 Å². The Balaban J connectivity index is 2.01. The molecule has 0 bridgehead atoms. The van der Waals surface area contributed by atoms with Crippen LogP contribution in [-0.2, 0) is 0 Å². The van der Waals surface area contributed by atoms with Gasteiger partial charge in [0.15, 0.2) is 0 Å².